The van der Waals surface area contributed by atoms with Gasteiger partial charge in [-0.25, -0.2) is 8.42 Å². The Morgan fingerprint density at radius 3 is 2.32 bits per heavy atom. The molecule has 1 aliphatic heterocycles. The van der Waals surface area contributed by atoms with Gasteiger partial charge in [0, 0.05) is 12.1 Å². The minimum atomic E-state index is -3.86. The van der Waals surface area contributed by atoms with Crippen molar-refractivity contribution in [3.05, 3.63) is 95.6 Å². The van der Waals surface area contributed by atoms with Gasteiger partial charge in [-0.15, -0.1) is 0 Å². The lowest BCUT2D eigenvalue weighted by Gasteiger charge is -2.38. The molecule has 1 aliphatic rings. The van der Waals surface area contributed by atoms with Crippen LogP contribution in [0.5, 0.6) is 0 Å². The quantitative estimate of drug-likeness (QED) is 0.735. The summed E-state index contributed by atoms with van der Waals surface area (Å²) >= 11 is 0. The van der Waals surface area contributed by atoms with Gasteiger partial charge < -0.3 is 15.2 Å². The Kier molecular flexibility index (Phi) is 4.62. The molecule has 1 N–H and O–H groups in total. The van der Waals surface area contributed by atoms with Gasteiger partial charge in [-0.3, -0.25) is 0 Å². The Labute approximate surface area is 163 Å². The minimum Gasteiger partial charge on any atom is -0.545 e. The van der Waals surface area contributed by atoms with E-state index in [4.69, 9.17) is 0 Å². The van der Waals surface area contributed by atoms with E-state index >= 15 is 0 Å². The number of hydrogen-bond acceptors (Lipinski definition) is 5. The number of hydrogen-bond donors (Lipinski definition) is 1. The summed E-state index contributed by atoms with van der Waals surface area (Å²) in [6, 6.07) is 22.1. The van der Waals surface area contributed by atoms with Crippen LogP contribution in [0.15, 0.2) is 83.8 Å². The van der Waals surface area contributed by atoms with Gasteiger partial charge in [0.1, 0.15) is 11.1 Å². The van der Waals surface area contributed by atoms with Crippen LogP contribution in [0.1, 0.15) is 27.7 Å². The Bertz CT molecular complexity index is 1130. The maximum absolute atomic E-state index is 13.4. The van der Waals surface area contributed by atoms with E-state index in [1.165, 1.54) is 16.4 Å². The van der Waals surface area contributed by atoms with E-state index in [-0.39, 0.29) is 17.0 Å². The third-order valence-corrected chi connectivity index (χ3v) is 6.58. The molecule has 0 amide bonds. The number of para-hydroxylation sites is 1. The normalized spacial score (nSPS) is 18.1. The van der Waals surface area contributed by atoms with E-state index in [2.05, 4.69) is 5.32 Å². The van der Waals surface area contributed by atoms with Crippen molar-refractivity contribution in [1.82, 2.24) is 4.31 Å². The SMILES string of the molecule is O=C([O-])c1ccccc1[C@@H]1Nc2ccccc2S(=O)(=O)N1Cc1ccccc1. The molecule has 0 radical (unpaired) electrons. The summed E-state index contributed by atoms with van der Waals surface area (Å²) < 4.78 is 28.1. The second-order valence-corrected chi connectivity index (χ2v) is 8.31. The Hall–Kier alpha value is -3.16. The smallest absolute Gasteiger partial charge is 0.247 e. The molecule has 0 aliphatic carbocycles. The summed E-state index contributed by atoms with van der Waals surface area (Å²) in [4.78, 5) is 11.8. The van der Waals surface area contributed by atoms with Crippen LogP contribution < -0.4 is 10.4 Å². The van der Waals surface area contributed by atoms with E-state index in [1.807, 2.05) is 30.3 Å². The largest absolute Gasteiger partial charge is 0.545 e. The molecule has 0 unspecified atom stereocenters. The molecule has 0 bridgehead atoms. The number of carbonyl (C=O) groups excluding carboxylic acids is 1. The summed E-state index contributed by atoms with van der Waals surface area (Å²) in [6.07, 6.45) is -0.880. The van der Waals surface area contributed by atoms with Gasteiger partial charge in [-0.05, 0) is 23.3 Å². The number of carboxylic acid groups (broad SMARTS) is 1. The molecule has 1 atom stereocenters. The van der Waals surface area contributed by atoms with Crippen LogP contribution in [0.3, 0.4) is 0 Å². The molecule has 28 heavy (non-hydrogen) atoms. The first kappa shape index (κ1) is 18.2. The zero-order chi connectivity index (χ0) is 19.7. The van der Waals surface area contributed by atoms with Crippen LogP contribution in [0.4, 0.5) is 5.69 Å². The van der Waals surface area contributed by atoms with Crippen LogP contribution in [-0.2, 0) is 16.6 Å². The van der Waals surface area contributed by atoms with Crippen molar-refractivity contribution in [2.45, 2.75) is 17.6 Å². The second kappa shape index (κ2) is 7.10. The van der Waals surface area contributed by atoms with Crippen molar-refractivity contribution in [2.24, 2.45) is 0 Å². The molecule has 3 aromatic rings. The molecule has 0 saturated heterocycles. The zero-order valence-electron chi connectivity index (χ0n) is 14.8. The van der Waals surface area contributed by atoms with E-state index in [1.54, 1.807) is 36.4 Å². The number of carboxylic acids is 1. The first-order valence-corrected chi connectivity index (χ1v) is 10.1. The van der Waals surface area contributed by atoms with Gasteiger partial charge in [-0.1, -0.05) is 66.7 Å². The molecular formula is C21H17N2O4S-. The van der Waals surface area contributed by atoms with Gasteiger partial charge in [0.25, 0.3) is 0 Å². The van der Waals surface area contributed by atoms with Crippen molar-refractivity contribution >= 4 is 21.7 Å². The fourth-order valence-corrected chi connectivity index (χ4v) is 5.06. The molecule has 0 saturated carbocycles. The van der Waals surface area contributed by atoms with E-state index in [0.717, 1.165) is 5.56 Å². The number of nitrogens with zero attached hydrogens (tertiary/aromatic N) is 1. The topological polar surface area (TPSA) is 89.5 Å². The summed E-state index contributed by atoms with van der Waals surface area (Å²) in [6.45, 7) is 0.0938. The highest BCUT2D eigenvalue weighted by Gasteiger charge is 2.39. The van der Waals surface area contributed by atoms with E-state index in [0.29, 0.717) is 11.3 Å². The van der Waals surface area contributed by atoms with Gasteiger partial charge >= 0.3 is 0 Å². The average Bonchev–Trinajstić information content (AvgIpc) is 2.71. The van der Waals surface area contributed by atoms with Crippen LogP contribution in [0, 0.1) is 0 Å². The molecule has 0 spiro atoms. The zero-order valence-corrected chi connectivity index (χ0v) is 15.6. The molecule has 1 heterocycles. The van der Waals surface area contributed by atoms with E-state index < -0.39 is 22.2 Å². The average molecular weight is 393 g/mol. The van der Waals surface area contributed by atoms with Gasteiger partial charge in [-0.2, -0.15) is 4.31 Å². The van der Waals surface area contributed by atoms with Gasteiger partial charge in [0.2, 0.25) is 10.0 Å². The summed E-state index contributed by atoms with van der Waals surface area (Å²) in [7, 11) is -3.86. The number of carbonyl (C=O) groups is 1. The monoisotopic (exact) mass is 393 g/mol. The summed E-state index contributed by atoms with van der Waals surface area (Å²) in [5.41, 5.74) is 1.51. The molecule has 6 nitrogen and oxygen atoms in total. The fraction of sp³-hybridized carbons (Fsp3) is 0.0952. The molecule has 4 rings (SSSR count). The lowest BCUT2D eigenvalue weighted by molar-refractivity contribution is -0.255. The van der Waals surface area contributed by atoms with Crippen LogP contribution in [0.2, 0.25) is 0 Å². The van der Waals surface area contributed by atoms with Crippen molar-refractivity contribution in [2.75, 3.05) is 5.32 Å². The van der Waals surface area contributed by atoms with Crippen molar-refractivity contribution in [1.29, 1.82) is 0 Å². The Morgan fingerprint density at radius 1 is 0.929 bits per heavy atom. The van der Waals surface area contributed by atoms with Crippen LogP contribution in [0.25, 0.3) is 0 Å². The third-order valence-electron chi connectivity index (χ3n) is 4.71. The van der Waals surface area contributed by atoms with Crippen molar-refractivity contribution < 1.29 is 18.3 Å². The number of sulfonamides is 1. The number of benzene rings is 3. The second-order valence-electron chi connectivity index (χ2n) is 6.45. The molecular weight excluding hydrogens is 376 g/mol. The van der Waals surface area contributed by atoms with Crippen molar-refractivity contribution in [3.8, 4) is 0 Å². The third kappa shape index (κ3) is 3.15. The fourth-order valence-electron chi connectivity index (χ4n) is 3.39. The number of anilines is 1. The van der Waals surface area contributed by atoms with Crippen LogP contribution in [-0.4, -0.2) is 18.7 Å². The first-order valence-electron chi connectivity index (χ1n) is 8.70. The lowest BCUT2D eigenvalue weighted by Crippen LogP contribution is -2.43. The predicted octanol–water partition coefficient (Wildman–Crippen LogP) is 2.37. The highest BCUT2D eigenvalue weighted by atomic mass is 32.2. The number of rotatable bonds is 4. The first-order chi connectivity index (χ1) is 13.5. The van der Waals surface area contributed by atoms with Gasteiger partial charge in [0.15, 0.2) is 0 Å². The number of nitrogens with one attached hydrogen (secondary N) is 1. The Morgan fingerprint density at radius 2 is 1.57 bits per heavy atom. The summed E-state index contributed by atoms with van der Waals surface area (Å²) in [5.74, 6) is -1.35. The molecule has 7 heteroatoms. The minimum absolute atomic E-state index is 0.0485. The standard InChI is InChI=1S/C21H18N2O4S/c24-21(25)17-11-5-4-10-16(17)20-22-18-12-6-7-13-19(18)28(26,27)23(20)14-15-8-2-1-3-9-15/h1-13,20,22H,14H2,(H,24,25)/p-1/t20-/m1/s1. The van der Waals surface area contributed by atoms with Crippen molar-refractivity contribution in [3.63, 3.8) is 0 Å². The molecule has 0 aromatic heterocycles. The van der Waals surface area contributed by atoms with Gasteiger partial charge in [0.05, 0.1) is 11.7 Å². The maximum atomic E-state index is 13.4. The Balaban J connectivity index is 1.89. The molecule has 3 aromatic carbocycles. The maximum Gasteiger partial charge on any atom is 0.247 e. The number of fused-ring (bicyclic) bond motifs is 1. The predicted molar refractivity (Wildman–Crippen MR) is 103 cm³/mol. The van der Waals surface area contributed by atoms with Crippen LogP contribution >= 0.6 is 0 Å². The molecule has 0 fully saturated rings. The van der Waals surface area contributed by atoms with E-state index in [9.17, 15) is 18.3 Å². The highest BCUT2D eigenvalue weighted by Crippen LogP contribution is 2.39. The highest BCUT2D eigenvalue weighted by molar-refractivity contribution is 7.89. The number of aromatic carboxylic acids is 1. The molecule has 142 valence electrons. The summed E-state index contributed by atoms with van der Waals surface area (Å²) in [5, 5.41) is 14.8. The lowest BCUT2D eigenvalue weighted by atomic mass is 10.0.